The van der Waals surface area contributed by atoms with Crippen LogP contribution in [0.25, 0.3) is 0 Å². The summed E-state index contributed by atoms with van der Waals surface area (Å²) in [5.74, 6) is 1.49. The minimum absolute atomic E-state index is 0. The number of guanidine groups is 1. The number of thioether (sulfide) groups is 1. The van der Waals surface area contributed by atoms with Gasteiger partial charge in [-0.25, -0.2) is 4.99 Å². The number of nitrogens with one attached hydrogen (secondary N) is 2. The molecule has 0 aliphatic carbocycles. The average molecular weight is 494 g/mol. The normalized spacial score (nSPS) is 11.5. The number of aliphatic imine (C=N–C) groups is 1. The van der Waals surface area contributed by atoms with E-state index in [1.54, 1.807) is 33.0 Å². The van der Waals surface area contributed by atoms with Crippen LogP contribution in [0.2, 0.25) is 0 Å². The molecule has 0 aliphatic heterocycles. The van der Waals surface area contributed by atoms with Crippen LogP contribution >= 0.6 is 35.7 Å². The topological polar surface area (TPSA) is 66.0 Å². The van der Waals surface area contributed by atoms with Gasteiger partial charge in [0.05, 0.1) is 5.60 Å². The first-order valence-corrected chi connectivity index (χ1v) is 9.28. The van der Waals surface area contributed by atoms with Crippen molar-refractivity contribution in [2.24, 2.45) is 4.99 Å². The van der Waals surface area contributed by atoms with Crippen molar-refractivity contribution >= 4 is 47.6 Å². The molecule has 0 atom stereocenters. The second-order valence-electron chi connectivity index (χ2n) is 6.36. The number of rotatable bonds is 9. The molecule has 6 nitrogen and oxygen atoms in total. The number of amides is 1. The summed E-state index contributed by atoms with van der Waals surface area (Å²) in [6.07, 6.45) is 0. The summed E-state index contributed by atoms with van der Waals surface area (Å²) in [6.45, 7) is 5.44. The molecule has 0 unspecified atom stereocenters. The van der Waals surface area contributed by atoms with Crippen molar-refractivity contribution in [3.05, 3.63) is 30.3 Å². The SMILES string of the molecule is COC(C)(C)CNC(=NCC(=O)N(C)C)NCCSc1ccccc1.I. The summed E-state index contributed by atoms with van der Waals surface area (Å²) in [5.41, 5.74) is -0.313. The van der Waals surface area contributed by atoms with Crippen molar-refractivity contribution in [2.75, 3.05) is 46.6 Å². The van der Waals surface area contributed by atoms with Gasteiger partial charge < -0.3 is 20.3 Å². The van der Waals surface area contributed by atoms with Crippen LogP contribution in [-0.4, -0.2) is 69.0 Å². The number of likely N-dealkylation sites (N-methyl/N-ethyl adjacent to an activating group) is 1. The van der Waals surface area contributed by atoms with Gasteiger partial charge in [0.15, 0.2) is 5.96 Å². The van der Waals surface area contributed by atoms with Gasteiger partial charge in [-0.15, -0.1) is 35.7 Å². The number of hydrogen-bond donors (Lipinski definition) is 2. The van der Waals surface area contributed by atoms with Gasteiger partial charge in [0, 0.05) is 44.9 Å². The number of benzene rings is 1. The molecule has 2 N–H and O–H groups in total. The summed E-state index contributed by atoms with van der Waals surface area (Å²) in [6, 6.07) is 10.3. The number of carbonyl (C=O) groups is 1. The fraction of sp³-hybridized carbons (Fsp3) is 0.556. The summed E-state index contributed by atoms with van der Waals surface area (Å²) in [5, 5.41) is 6.51. The van der Waals surface area contributed by atoms with E-state index >= 15 is 0 Å². The first kappa shape index (κ1) is 25.0. The van der Waals surface area contributed by atoms with Crippen molar-refractivity contribution in [2.45, 2.75) is 24.3 Å². The minimum atomic E-state index is -0.313. The van der Waals surface area contributed by atoms with Gasteiger partial charge >= 0.3 is 0 Å². The number of methoxy groups -OCH3 is 1. The summed E-state index contributed by atoms with van der Waals surface area (Å²) < 4.78 is 5.41. The van der Waals surface area contributed by atoms with Crippen molar-refractivity contribution in [3.63, 3.8) is 0 Å². The van der Waals surface area contributed by atoms with Gasteiger partial charge in [-0.2, -0.15) is 0 Å². The molecule has 0 saturated heterocycles. The third-order valence-corrected chi connectivity index (χ3v) is 4.53. The predicted octanol–water partition coefficient (Wildman–Crippen LogP) is 2.45. The second kappa shape index (κ2) is 13.2. The van der Waals surface area contributed by atoms with Crippen LogP contribution < -0.4 is 10.6 Å². The van der Waals surface area contributed by atoms with E-state index in [9.17, 15) is 4.79 Å². The Balaban J connectivity index is 0.00000625. The third-order valence-electron chi connectivity index (χ3n) is 3.51. The number of nitrogens with zero attached hydrogens (tertiary/aromatic N) is 2. The van der Waals surface area contributed by atoms with Crippen molar-refractivity contribution in [1.82, 2.24) is 15.5 Å². The lowest BCUT2D eigenvalue weighted by Gasteiger charge is -2.24. The van der Waals surface area contributed by atoms with E-state index in [2.05, 4.69) is 27.8 Å². The fourth-order valence-corrected chi connectivity index (χ4v) is 2.48. The molecule has 8 heteroatoms. The maximum absolute atomic E-state index is 11.8. The van der Waals surface area contributed by atoms with Gasteiger partial charge in [-0.1, -0.05) is 18.2 Å². The maximum atomic E-state index is 11.8. The molecule has 0 fully saturated rings. The van der Waals surface area contributed by atoms with E-state index in [-0.39, 0.29) is 42.0 Å². The second-order valence-corrected chi connectivity index (χ2v) is 7.53. The van der Waals surface area contributed by atoms with Gasteiger partial charge in [0.2, 0.25) is 5.91 Å². The molecular formula is C18H31IN4O2S. The van der Waals surface area contributed by atoms with Crippen LogP contribution in [0.1, 0.15) is 13.8 Å². The van der Waals surface area contributed by atoms with Crippen LogP contribution in [0.3, 0.4) is 0 Å². The molecule has 1 aromatic rings. The molecule has 0 heterocycles. The first-order valence-electron chi connectivity index (χ1n) is 8.29. The van der Waals surface area contributed by atoms with Crippen molar-refractivity contribution in [3.8, 4) is 0 Å². The van der Waals surface area contributed by atoms with E-state index in [4.69, 9.17) is 4.74 Å². The molecule has 0 aromatic heterocycles. The largest absolute Gasteiger partial charge is 0.377 e. The van der Waals surface area contributed by atoms with Crippen LogP contribution in [-0.2, 0) is 9.53 Å². The lowest BCUT2D eigenvalue weighted by atomic mass is 10.1. The van der Waals surface area contributed by atoms with Gasteiger partial charge in [0.1, 0.15) is 6.54 Å². The summed E-state index contributed by atoms with van der Waals surface area (Å²) in [7, 11) is 5.13. The van der Waals surface area contributed by atoms with Crippen LogP contribution in [0.4, 0.5) is 0 Å². The Bertz CT molecular complexity index is 553. The zero-order valence-corrected chi connectivity index (χ0v) is 19.4. The van der Waals surface area contributed by atoms with Crippen molar-refractivity contribution in [1.29, 1.82) is 0 Å². The smallest absolute Gasteiger partial charge is 0.243 e. The highest BCUT2D eigenvalue weighted by Gasteiger charge is 2.16. The van der Waals surface area contributed by atoms with Gasteiger partial charge in [-0.3, -0.25) is 4.79 Å². The highest BCUT2D eigenvalue weighted by molar-refractivity contribution is 14.0. The first-order chi connectivity index (χ1) is 11.8. The lowest BCUT2D eigenvalue weighted by molar-refractivity contribution is -0.127. The number of halogens is 1. The molecule has 1 aromatic carbocycles. The fourth-order valence-electron chi connectivity index (χ4n) is 1.69. The molecule has 0 spiro atoms. The van der Waals surface area contributed by atoms with Crippen molar-refractivity contribution < 1.29 is 9.53 Å². The number of carbonyl (C=O) groups excluding carboxylic acids is 1. The Morgan fingerprint density at radius 3 is 2.46 bits per heavy atom. The van der Waals surface area contributed by atoms with Crippen LogP contribution in [0.15, 0.2) is 40.2 Å². The molecule has 0 radical (unpaired) electrons. The van der Waals surface area contributed by atoms with Gasteiger partial charge in [-0.05, 0) is 26.0 Å². The minimum Gasteiger partial charge on any atom is -0.377 e. The Morgan fingerprint density at radius 2 is 1.88 bits per heavy atom. The summed E-state index contributed by atoms with van der Waals surface area (Å²) >= 11 is 1.77. The van der Waals surface area contributed by atoms with E-state index in [0.29, 0.717) is 12.5 Å². The highest BCUT2D eigenvalue weighted by Crippen LogP contribution is 2.15. The standard InChI is InChI=1S/C18H30N4O2S.HI/c1-18(2,24-5)14-21-17(20-13-16(23)22(3)4)19-11-12-25-15-9-7-6-8-10-15;/h6-10H,11-14H2,1-5H3,(H2,19,20,21);1H. The zero-order chi connectivity index (χ0) is 18.7. The Kier molecular flexibility index (Phi) is 12.7. The molecule has 1 rings (SSSR count). The molecule has 0 bridgehead atoms. The number of ether oxygens (including phenoxy) is 1. The highest BCUT2D eigenvalue weighted by atomic mass is 127. The average Bonchev–Trinajstić information content (AvgIpc) is 2.60. The van der Waals surface area contributed by atoms with E-state index in [1.165, 1.54) is 9.80 Å². The predicted molar refractivity (Wildman–Crippen MR) is 121 cm³/mol. The van der Waals surface area contributed by atoms with E-state index in [1.807, 2.05) is 32.0 Å². The molecule has 1 amide bonds. The Hall–Kier alpha value is -1.000. The van der Waals surface area contributed by atoms with E-state index in [0.717, 1.165) is 12.3 Å². The molecule has 26 heavy (non-hydrogen) atoms. The summed E-state index contributed by atoms with van der Waals surface area (Å²) in [4.78, 5) is 18.9. The van der Waals surface area contributed by atoms with Gasteiger partial charge in [0.25, 0.3) is 0 Å². The molecular weight excluding hydrogens is 463 g/mol. The maximum Gasteiger partial charge on any atom is 0.243 e. The molecule has 0 aliphatic rings. The molecule has 148 valence electrons. The zero-order valence-electron chi connectivity index (χ0n) is 16.2. The van der Waals surface area contributed by atoms with Crippen LogP contribution in [0, 0.1) is 0 Å². The quantitative estimate of drug-likeness (QED) is 0.182. The Labute approximate surface area is 178 Å². The monoisotopic (exact) mass is 494 g/mol. The number of hydrogen-bond acceptors (Lipinski definition) is 4. The Morgan fingerprint density at radius 1 is 1.23 bits per heavy atom. The lowest BCUT2D eigenvalue weighted by Crippen LogP contribution is -2.46. The van der Waals surface area contributed by atoms with Crippen LogP contribution in [0.5, 0.6) is 0 Å². The third kappa shape index (κ3) is 10.9. The van der Waals surface area contributed by atoms with E-state index < -0.39 is 0 Å². The molecule has 0 saturated carbocycles.